The number of aromatic nitrogens is 1. The van der Waals surface area contributed by atoms with Crippen LogP contribution in [0.15, 0.2) is 54.7 Å². The number of ether oxygens (including phenoxy) is 1. The number of aromatic amines is 1. The van der Waals surface area contributed by atoms with E-state index in [9.17, 15) is 4.79 Å². The molecule has 1 unspecified atom stereocenters. The van der Waals surface area contributed by atoms with Crippen molar-refractivity contribution in [2.45, 2.75) is 13.0 Å². The highest BCUT2D eigenvalue weighted by atomic mass is 35.5. The number of fused-ring (bicyclic) bond motifs is 1. The van der Waals surface area contributed by atoms with Crippen LogP contribution < -0.4 is 5.32 Å². The van der Waals surface area contributed by atoms with Gasteiger partial charge in [0.05, 0.1) is 6.61 Å². The Morgan fingerprint density at radius 1 is 1.22 bits per heavy atom. The number of carbonyl (C=O) groups excluding carboxylic acids is 1. The summed E-state index contributed by atoms with van der Waals surface area (Å²) in [7, 11) is 0. The van der Waals surface area contributed by atoms with Gasteiger partial charge in [0.1, 0.15) is 0 Å². The Balaban J connectivity index is 1.98. The Morgan fingerprint density at radius 2 is 1.96 bits per heavy atom. The van der Waals surface area contributed by atoms with Crippen molar-refractivity contribution in [3.05, 3.63) is 65.3 Å². The molecule has 1 aromatic heterocycles. The molecule has 0 amide bonds. The minimum absolute atomic E-state index is 0.313. The lowest BCUT2D eigenvalue weighted by Crippen LogP contribution is -2.23. The minimum Gasteiger partial charge on any atom is -0.464 e. The number of nitrogens with one attached hydrogen (secondary N) is 2. The second-order valence-electron chi connectivity index (χ2n) is 5.13. The summed E-state index contributed by atoms with van der Waals surface area (Å²) in [5.74, 6) is -0.313. The van der Waals surface area contributed by atoms with Crippen molar-refractivity contribution in [3.63, 3.8) is 0 Å². The minimum atomic E-state index is -0.590. The summed E-state index contributed by atoms with van der Waals surface area (Å²) in [5, 5.41) is 4.87. The van der Waals surface area contributed by atoms with E-state index in [0.29, 0.717) is 11.6 Å². The molecule has 0 fully saturated rings. The van der Waals surface area contributed by atoms with Gasteiger partial charge in [-0.05, 0) is 37.3 Å². The third-order valence-corrected chi connectivity index (χ3v) is 3.86. The number of rotatable bonds is 5. The molecular weight excluding hydrogens is 312 g/mol. The van der Waals surface area contributed by atoms with E-state index in [1.807, 2.05) is 42.6 Å². The number of halogens is 1. The zero-order chi connectivity index (χ0) is 16.2. The lowest BCUT2D eigenvalue weighted by atomic mass is 10.1. The van der Waals surface area contributed by atoms with Gasteiger partial charge in [0.2, 0.25) is 0 Å². The standard InChI is InChI=1S/C18H17ClN2O2/c1-2-23-18(22)17(21-13-9-7-12(19)8-10-13)15-11-20-16-6-4-3-5-14(15)16/h3-11,17,20-21H,2H2,1H3. The first-order valence-electron chi connectivity index (χ1n) is 7.44. The number of esters is 1. The van der Waals surface area contributed by atoms with Gasteiger partial charge in [-0.3, -0.25) is 0 Å². The van der Waals surface area contributed by atoms with Gasteiger partial charge < -0.3 is 15.0 Å². The van der Waals surface area contributed by atoms with Crippen LogP contribution in [0, 0.1) is 0 Å². The molecule has 0 aliphatic rings. The number of H-pyrrole nitrogens is 1. The number of benzene rings is 2. The predicted molar refractivity (Wildman–Crippen MR) is 92.7 cm³/mol. The molecule has 3 rings (SSSR count). The third kappa shape index (κ3) is 3.32. The highest BCUT2D eigenvalue weighted by Crippen LogP contribution is 2.28. The summed E-state index contributed by atoms with van der Waals surface area (Å²) in [5.41, 5.74) is 2.64. The van der Waals surface area contributed by atoms with Gasteiger partial charge in [-0.25, -0.2) is 4.79 Å². The van der Waals surface area contributed by atoms with Crippen molar-refractivity contribution >= 4 is 34.2 Å². The van der Waals surface area contributed by atoms with Crippen molar-refractivity contribution in [2.24, 2.45) is 0 Å². The number of carbonyl (C=O) groups is 1. The van der Waals surface area contributed by atoms with Gasteiger partial charge in [-0.15, -0.1) is 0 Å². The maximum Gasteiger partial charge on any atom is 0.333 e. The van der Waals surface area contributed by atoms with Gasteiger partial charge in [0.25, 0.3) is 0 Å². The maximum absolute atomic E-state index is 12.4. The molecule has 0 aliphatic heterocycles. The zero-order valence-corrected chi connectivity index (χ0v) is 13.4. The Bertz CT molecular complexity index is 811. The van der Waals surface area contributed by atoms with E-state index in [4.69, 9.17) is 16.3 Å². The molecule has 3 aromatic rings. The highest BCUT2D eigenvalue weighted by Gasteiger charge is 2.24. The summed E-state index contributed by atoms with van der Waals surface area (Å²) in [6.45, 7) is 2.13. The van der Waals surface area contributed by atoms with E-state index >= 15 is 0 Å². The highest BCUT2D eigenvalue weighted by molar-refractivity contribution is 6.30. The summed E-state index contributed by atoms with van der Waals surface area (Å²) in [4.78, 5) is 15.6. The van der Waals surface area contributed by atoms with Crippen molar-refractivity contribution in [1.82, 2.24) is 4.98 Å². The van der Waals surface area contributed by atoms with E-state index < -0.39 is 6.04 Å². The molecule has 2 aromatic carbocycles. The van der Waals surface area contributed by atoms with Gasteiger partial charge in [-0.1, -0.05) is 29.8 Å². The molecule has 118 valence electrons. The van der Waals surface area contributed by atoms with E-state index in [-0.39, 0.29) is 5.97 Å². The van der Waals surface area contributed by atoms with Crippen LogP contribution in [-0.2, 0) is 9.53 Å². The molecule has 4 nitrogen and oxygen atoms in total. The summed E-state index contributed by atoms with van der Waals surface area (Å²) < 4.78 is 5.23. The topological polar surface area (TPSA) is 54.1 Å². The zero-order valence-electron chi connectivity index (χ0n) is 12.7. The molecule has 0 spiro atoms. The molecule has 23 heavy (non-hydrogen) atoms. The summed E-state index contributed by atoms with van der Waals surface area (Å²) in [6.07, 6.45) is 1.84. The fraction of sp³-hybridized carbons (Fsp3) is 0.167. The van der Waals surface area contributed by atoms with E-state index in [1.165, 1.54) is 0 Å². The van der Waals surface area contributed by atoms with Crippen LogP contribution in [0.25, 0.3) is 10.9 Å². The average Bonchev–Trinajstić information content (AvgIpc) is 2.98. The predicted octanol–water partition coefficient (Wildman–Crippen LogP) is 4.54. The van der Waals surface area contributed by atoms with E-state index in [1.54, 1.807) is 19.1 Å². The molecule has 0 saturated carbocycles. The first-order chi connectivity index (χ1) is 11.2. The first kappa shape index (κ1) is 15.4. The van der Waals surface area contributed by atoms with Crippen LogP contribution in [-0.4, -0.2) is 17.6 Å². The van der Waals surface area contributed by atoms with Crippen molar-refractivity contribution in [2.75, 3.05) is 11.9 Å². The van der Waals surface area contributed by atoms with Crippen LogP contribution in [0.4, 0.5) is 5.69 Å². The van der Waals surface area contributed by atoms with Crippen molar-refractivity contribution in [1.29, 1.82) is 0 Å². The summed E-state index contributed by atoms with van der Waals surface area (Å²) in [6, 6.07) is 14.5. The fourth-order valence-electron chi connectivity index (χ4n) is 2.53. The normalized spacial score (nSPS) is 12.1. The Morgan fingerprint density at radius 3 is 2.70 bits per heavy atom. The molecule has 2 N–H and O–H groups in total. The van der Waals surface area contributed by atoms with Crippen LogP contribution in [0.1, 0.15) is 18.5 Å². The van der Waals surface area contributed by atoms with E-state index in [0.717, 1.165) is 22.2 Å². The average molecular weight is 329 g/mol. The SMILES string of the molecule is CCOC(=O)C(Nc1ccc(Cl)cc1)c1c[nH]c2ccccc12. The van der Waals surface area contributed by atoms with Gasteiger partial charge in [0.15, 0.2) is 6.04 Å². The molecule has 0 aliphatic carbocycles. The Kier molecular flexibility index (Phi) is 4.53. The van der Waals surface area contributed by atoms with Crippen LogP contribution in [0.5, 0.6) is 0 Å². The number of anilines is 1. The lowest BCUT2D eigenvalue weighted by Gasteiger charge is -2.18. The fourth-order valence-corrected chi connectivity index (χ4v) is 2.66. The first-order valence-corrected chi connectivity index (χ1v) is 7.81. The molecule has 0 saturated heterocycles. The largest absolute Gasteiger partial charge is 0.464 e. The van der Waals surface area contributed by atoms with Crippen LogP contribution in [0.2, 0.25) is 5.02 Å². The number of hydrogen-bond acceptors (Lipinski definition) is 3. The molecule has 1 heterocycles. The van der Waals surface area contributed by atoms with E-state index in [2.05, 4.69) is 10.3 Å². The van der Waals surface area contributed by atoms with Crippen LogP contribution >= 0.6 is 11.6 Å². The number of para-hydroxylation sites is 1. The molecular formula is C18H17ClN2O2. The smallest absolute Gasteiger partial charge is 0.333 e. The number of hydrogen-bond donors (Lipinski definition) is 2. The third-order valence-electron chi connectivity index (χ3n) is 3.61. The monoisotopic (exact) mass is 328 g/mol. The molecule has 0 bridgehead atoms. The molecule has 0 radical (unpaired) electrons. The lowest BCUT2D eigenvalue weighted by molar-refractivity contribution is -0.144. The van der Waals surface area contributed by atoms with Gasteiger partial charge in [0, 0.05) is 33.4 Å². The maximum atomic E-state index is 12.4. The Hall–Kier alpha value is -2.46. The van der Waals surface area contributed by atoms with Gasteiger partial charge >= 0.3 is 5.97 Å². The second kappa shape index (κ2) is 6.75. The summed E-state index contributed by atoms with van der Waals surface area (Å²) >= 11 is 5.91. The van der Waals surface area contributed by atoms with Gasteiger partial charge in [-0.2, -0.15) is 0 Å². The Labute approximate surface area is 139 Å². The van der Waals surface area contributed by atoms with Crippen molar-refractivity contribution in [3.8, 4) is 0 Å². The molecule has 1 atom stereocenters. The molecule has 5 heteroatoms. The van der Waals surface area contributed by atoms with Crippen molar-refractivity contribution < 1.29 is 9.53 Å². The van der Waals surface area contributed by atoms with Crippen LogP contribution in [0.3, 0.4) is 0 Å². The second-order valence-corrected chi connectivity index (χ2v) is 5.56. The quantitative estimate of drug-likeness (QED) is 0.676.